The first-order valence-electron chi connectivity index (χ1n) is 13.9. The molecule has 1 aromatic heterocycles. The molecule has 2 atom stereocenters. The van der Waals surface area contributed by atoms with Gasteiger partial charge in [-0.25, -0.2) is 0 Å². The van der Waals surface area contributed by atoms with Crippen molar-refractivity contribution in [3.63, 3.8) is 0 Å². The van der Waals surface area contributed by atoms with Crippen LogP contribution in [0.25, 0.3) is 22.1 Å². The number of anilines is 1. The van der Waals surface area contributed by atoms with Crippen LogP contribution in [-0.4, -0.2) is 11.8 Å². The van der Waals surface area contributed by atoms with Gasteiger partial charge in [-0.3, -0.25) is 5.01 Å². The Bertz CT molecular complexity index is 1890. The Morgan fingerprint density at radius 3 is 2.56 bits per heavy atom. The largest absolute Gasteiger partial charge is 0.456 e. The second-order valence-corrected chi connectivity index (χ2v) is 10.7. The van der Waals surface area contributed by atoms with Gasteiger partial charge in [-0.1, -0.05) is 85.0 Å². The average Bonchev–Trinajstić information content (AvgIpc) is 3.53. The Labute approximate surface area is 227 Å². The monoisotopic (exact) mass is 507 g/mol. The van der Waals surface area contributed by atoms with Crippen LogP contribution in [0.2, 0.25) is 0 Å². The minimum atomic E-state index is 0.0436. The molecule has 0 fully saturated rings. The zero-order valence-electron chi connectivity index (χ0n) is 21.7. The van der Waals surface area contributed by atoms with E-state index < -0.39 is 0 Å². The molecule has 39 heavy (non-hydrogen) atoms. The van der Waals surface area contributed by atoms with Crippen molar-refractivity contribution >= 4 is 33.5 Å². The number of benzene rings is 3. The summed E-state index contributed by atoms with van der Waals surface area (Å²) in [5.41, 5.74) is 17.6. The maximum absolute atomic E-state index is 6.60. The molecule has 190 valence electrons. The normalized spacial score (nSPS) is 21.7. The number of hydrogen-bond donors (Lipinski definition) is 1. The van der Waals surface area contributed by atoms with E-state index in [9.17, 15) is 0 Å². The van der Waals surface area contributed by atoms with Crippen molar-refractivity contribution in [1.29, 1.82) is 0 Å². The molecule has 0 radical (unpaired) electrons. The van der Waals surface area contributed by atoms with E-state index in [4.69, 9.17) is 15.3 Å². The first-order valence-corrected chi connectivity index (χ1v) is 13.9. The van der Waals surface area contributed by atoms with Gasteiger partial charge in [0.1, 0.15) is 11.0 Å². The summed E-state index contributed by atoms with van der Waals surface area (Å²) in [6, 6.07) is 27.7. The van der Waals surface area contributed by atoms with Gasteiger partial charge in [0.25, 0.3) is 0 Å². The lowest BCUT2D eigenvalue weighted by Crippen LogP contribution is -2.45. The number of hydrogen-bond acceptors (Lipinski definition) is 4. The van der Waals surface area contributed by atoms with Gasteiger partial charge in [0, 0.05) is 38.9 Å². The lowest BCUT2D eigenvalue weighted by atomic mass is 9.77. The SMILES string of the molecule is NC1=C(C(=NN2c3ccccc3C3=c4c(oc5ccccc45)=C4CCC=C[C@@H]4C32)c2ccccc2)CCC=C1. The molecule has 3 aromatic carbocycles. The highest BCUT2D eigenvalue weighted by molar-refractivity contribution is 6.14. The highest BCUT2D eigenvalue weighted by Gasteiger charge is 2.44. The maximum Gasteiger partial charge on any atom is 0.135 e. The third kappa shape index (κ3) is 3.34. The summed E-state index contributed by atoms with van der Waals surface area (Å²) in [7, 11) is 0. The Morgan fingerprint density at radius 2 is 1.67 bits per heavy atom. The van der Waals surface area contributed by atoms with E-state index in [0.717, 1.165) is 64.9 Å². The molecule has 2 N–H and O–H groups in total. The number of furan rings is 1. The van der Waals surface area contributed by atoms with Crippen LogP contribution in [0.1, 0.15) is 36.8 Å². The van der Waals surface area contributed by atoms with Gasteiger partial charge in [0.2, 0.25) is 0 Å². The molecular weight excluding hydrogens is 478 g/mol. The predicted molar refractivity (Wildman–Crippen MR) is 159 cm³/mol. The average molecular weight is 508 g/mol. The molecule has 8 rings (SSSR count). The van der Waals surface area contributed by atoms with E-state index in [0.29, 0.717) is 0 Å². The van der Waals surface area contributed by atoms with Crippen LogP contribution < -0.4 is 21.4 Å². The fourth-order valence-electron chi connectivity index (χ4n) is 6.86. The van der Waals surface area contributed by atoms with Crippen LogP contribution in [-0.2, 0) is 0 Å². The van der Waals surface area contributed by atoms with Gasteiger partial charge in [0.15, 0.2) is 0 Å². The third-order valence-electron chi connectivity index (χ3n) is 8.57. The molecule has 0 saturated carbocycles. The summed E-state index contributed by atoms with van der Waals surface area (Å²) in [6.07, 6.45) is 12.8. The smallest absolute Gasteiger partial charge is 0.135 e. The van der Waals surface area contributed by atoms with E-state index in [1.54, 1.807) is 0 Å². The second-order valence-electron chi connectivity index (χ2n) is 10.7. The first-order chi connectivity index (χ1) is 19.3. The zero-order chi connectivity index (χ0) is 25.9. The predicted octanol–water partition coefficient (Wildman–Crippen LogP) is 5.92. The van der Waals surface area contributed by atoms with Crippen molar-refractivity contribution in [2.24, 2.45) is 16.8 Å². The Morgan fingerprint density at radius 1 is 0.872 bits per heavy atom. The molecular formula is C35H29N3O. The van der Waals surface area contributed by atoms with Crippen LogP contribution in [0.15, 0.2) is 124 Å². The summed E-state index contributed by atoms with van der Waals surface area (Å²) in [4.78, 5) is 0. The van der Waals surface area contributed by atoms with E-state index in [1.165, 1.54) is 27.3 Å². The molecule has 4 heteroatoms. The Balaban J connectivity index is 1.46. The van der Waals surface area contributed by atoms with Gasteiger partial charge in [0.05, 0.1) is 17.4 Å². The van der Waals surface area contributed by atoms with Crippen LogP contribution >= 0.6 is 0 Å². The van der Waals surface area contributed by atoms with E-state index in [2.05, 4.69) is 102 Å². The highest BCUT2D eigenvalue weighted by atomic mass is 16.3. The number of nitrogens with two attached hydrogens (primary N) is 1. The fourth-order valence-corrected chi connectivity index (χ4v) is 6.86. The highest BCUT2D eigenvalue weighted by Crippen LogP contribution is 2.47. The molecule has 3 aliphatic carbocycles. The molecule has 0 saturated heterocycles. The van der Waals surface area contributed by atoms with Gasteiger partial charge < -0.3 is 10.2 Å². The van der Waals surface area contributed by atoms with Crippen molar-refractivity contribution in [2.45, 2.75) is 31.7 Å². The molecule has 1 unspecified atom stereocenters. The van der Waals surface area contributed by atoms with Crippen molar-refractivity contribution in [2.75, 3.05) is 5.01 Å². The summed E-state index contributed by atoms with van der Waals surface area (Å²) < 4.78 is 6.60. The van der Waals surface area contributed by atoms with Crippen LogP contribution in [0.3, 0.4) is 0 Å². The van der Waals surface area contributed by atoms with Crippen molar-refractivity contribution < 1.29 is 4.42 Å². The number of fused-ring (bicyclic) bond motifs is 8. The Kier molecular flexibility index (Phi) is 5.02. The van der Waals surface area contributed by atoms with E-state index in [1.807, 2.05) is 6.08 Å². The van der Waals surface area contributed by atoms with Gasteiger partial charge >= 0.3 is 0 Å². The minimum Gasteiger partial charge on any atom is -0.456 e. The van der Waals surface area contributed by atoms with Crippen molar-refractivity contribution in [1.82, 2.24) is 0 Å². The molecule has 4 aromatic rings. The molecule has 0 bridgehead atoms. The van der Waals surface area contributed by atoms with Crippen molar-refractivity contribution in [3.05, 3.63) is 136 Å². The molecule has 1 aliphatic heterocycles. The lowest BCUT2D eigenvalue weighted by Gasteiger charge is -2.34. The number of nitrogens with zero attached hydrogens (tertiary/aromatic N) is 2. The molecule has 4 aliphatic rings. The first kappa shape index (κ1) is 22.4. The summed E-state index contributed by atoms with van der Waals surface area (Å²) in [5.74, 6) is 0.188. The van der Waals surface area contributed by atoms with E-state index >= 15 is 0 Å². The third-order valence-corrected chi connectivity index (χ3v) is 8.57. The van der Waals surface area contributed by atoms with Crippen LogP contribution in [0, 0.1) is 5.92 Å². The minimum absolute atomic E-state index is 0.0436. The standard InChI is InChI=1S/C35H29N3O/c36-28-19-9-6-16-25(28)33(22-12-2-1-3-13-22)37-38-29-20-10-7-17-26(29)31-32-27-18-8-11-21-30(27)39-35(32)24-15-5-4-14-23(24)34(31)38/h1-4,7-14,17-21,23,34H,5-6,15-16,36H2/t23-,34?/m0/s1. The van der Waals surface area contributed by atoms with Crippen LogP contribution in [0.4, 0.5) is 5.69 Å². The number of para-hydroxylation sites is 2. The molecule has 0 amide bonds. The Hall–Kier alpha value is -4.57. The summed E-state index contributed by atoms with van der Waals surface area (Å²) >= 11 is 0. The quantitative estimate of drug-likeness (QED) is 0.277. The molecule has 2 heterocycles. The summed E-state index contributed by atoms with van der Waals surface area (Å²) in [5, 5.41) is 10.3. The van der Waals surface area contributed by atoms with Crippen molar-refractivity contribution in [3.8, 4) is 0 Å². The summed E-state index contributed by atoms with van der Waals surface area (Å²) in [6.45, 7) is 0. The molecule has 0 spiro atoms. The van der Waals surface area contributed by atoms with Gasteiger partial charge in [-0.05, 0) is 55.0 Å². The topological polar surface area (TPSA) is 54.8 Å². The molecule has 4 nitrogen and oxygen atoms in total. The second kappa shape index (κ2) is 8.74. The van der Waals surface area contributed by atoms with Crippen LogP contribution in [0.5, 0.6) is 0 Å². The number of hydrazone groups is 1. The van der Waals surface area contributed by atoms with Gasteiger partial charge in [-0.15, -0.1) is 0 Å². The fraction of sp³-hybridized carbons (Fsp3) is 0.171. The zero-order valence-corrected chi connectivity index (χ0v) is 21.7. The lowest BCUT2D eigenvalue weighted by molar-refractivity contribution is 0.540. The van der Waals surface area contributed by atoms with E-state index in [-0.39, 0.29) is 12.0 Å². The number of allylic oxidation sites excluding steroid dienone is 4. The van der Waals surface area contributed by atoms with Gasteiger partial charge in [-0.2, -0.15) is 5.10 Å². The number of rotatable bonds is 3. The maximum atomic E-state index is 6.60.